The number of aliphatic carboxylic acids is 1. The van der Waals surface area contributed by atoms with Crippen LogP contribution in [-0.4, -0.2) is 88.7 Å². The van der Waals surface area contributed by atoms with Crippen LogP contribution < -0.4 is 11.1 Å². The number of hydrogen-bond donors (Lipinski definition) is 3. The van der Waals surface area contributed by atoms with Crippen LogP contribution in [0.15, 0.2) is 52.4 Å². The SMILES string of the molecule is C=CCn1nnnc1SCC1=C(C(=O)O)N2C(=O)C(NC(=O)/C(=N/OC)c3cccc(N)n3)C2SC1. The summed E-state index contributed by atoms with van der Waals surface area (Å²) < 4.78 is 1.53. The minimum atomic E-state index is -1.23. The van der Waals surface area contributed by atoms with E-state index < -0.39 is 29.2 Å². The van der Waals surface area contributed by atoms with Crippen molar-refractivity contribution in [2.75, 3.05) is 24.3 Å². The summed E-state index contributed by atoms with van der Waals surface area (Å²) in [4.78, 5) is 48.0. The van der Waals surface area contributed by atoms with Crippen LogP contribution in [0, 0.1) is 0 Å². The van der Waals surface area contributed by atoms with Gasteiger partial charge < -0.3 is 21.0 Å². The molecule has 36 heavy (non-hydrogen) atoms. The highest BCUT2D eigenvalue weighted by Crippen LogP contribution is 2.41. The van der Waals surface area contributed by atoms with Crippen molar-refractivity contribution in [1.29, 1.82) is 0 Å². The molecule has 1 fully saturated rings. The van der Waals surface area contributed by atoms with E-state index in [4.69, 9.17) is 10.6 Å². The fourth-order valence-corrected chi connectivity index (χ4v) is 5.94. The summed E-state index contributed by atoms with van der Waals surface area (Å²) in [6.07, 6.45) is 1.64. The highest BCUT2D eigenvalue weighted by Gasteiger charge is 2.54. The first-order valence-corrected chi connectivity index (χ1v) is 12.4. The number of fused-ring (bicyclic) bond motifs is 1. The number of anilines is 1. The standard InChI is InChI=1S/C20H21N9O5S2/c1-3-7-28-20(24-26-27-28)36-9-10-8-35-18-14(17(31)29(18)15(10)19(32)33)23-16(30)13(25-34-2)11-5-4-6-12(21)22-11/h3-6,14,18H,1,7-9H2,2H3,(H2,21,22)(H,23,30)(H,32,33)/b25-13+. The van der Waals surface area contributed by atoms with Crippen molar-refractivity contribution < 1.29 is 24.3 Å². The molecule has 0 aromatic carbocycles. The Morgan fingerprint density at radius 2 is 2.28 bits per heavy atom. The summed E-state index contributed by atoms with van der Waals surface area (Å²) in [5.41, 5.74) is 6.14. The van der Waals surface area contributed by atoms with E-state index in [1.807, 2.05) is 0 Å². The molecule has 2 amide bonds. The van der Waals surface area contributed by atoms with Crippen LogP contribution >= 0.6 is 23.5 Å². The third-order valence-corrected chi connectivity index (χ3v) is 7.51. The summed E-state index contributed by atoms with van der Waals surface area (Å²) >= 11 is 2.61. The van der Waals surface area contributed by atoms with Crippen LogP contribution in [0.4, 0.5) is 5.82 Å². The zero-order valence-corrected chi connectivity index (χ0v) is 20.5. The van der Waals surface area contributed by atoms with E-state index in [1.54, 1.807) is 18.2 Å². The molecule has 0 radical (unpaired) electrons. The van der Waals surface area contributed by atoms with Gasteiger partial charge in [-0.15, -0.1) is 23.4 Å². The number of nitrogens with one attached hydrogen (secondary N) is 1. The van der Waals surface area contributed by atoms with Crippen molar-refractivity contribution in [3.63, 3.8) is 0 Å². The second-order valence-corrected chi connectivity index (χ2v) is 9.46. The lowest BCUT2D eigenvalue weighted by atomic mass is 10.0. The van der Waals surface area contributed by atoms with Gasteiger partial charge in [-0.2, -0.15) is 0 Å². The fraction of sp³-hybridized carbons (Fsp3) is 0.300. The van der Waals surface area contributed by atoms with Crippen LogP contribution in [0.1, 0.15) is 5.69 Å². The minimum Gasteiger partial charge on any atom is -0.477 e. The molecule has 0 saturated carbocycles. The van der Waals surface area contributed by atoms with E-state index >= 15 is 0 Å². The van der Waals surface area contributed by atoms with Crippen LogP contribution in [0.3, 0.4) is 0 Å². The van der Waals surface area contributed by atoms with Crippen LogP contribution in [-0.2, 0) is 25.8 Å². The average molecular weight is 532 g/mol. The van der Waals surface area contributed by atoms with Gasteiger partial charge in [0, 0.05) is 11.5 Å². The fourth-order valence-electron chi connectivity index (χ4n) is 3.57. The number of nitrogens with zero attached hydrogens (tertiary/aromatic N) is 7. The molecular weight excluding hydrogens is 510 g/mol. The highest BCUT2D eigenvalue weighted by molar-refractivity contribution is 8.01. The monoisotopic (exact) mass is 531 g/mol. The van der Waals surface area contributed by atoms with Gasteiger partial charge >= 0.3 is 5.97 Å². The van der Waals surface area contributed by atoms with E-state index in [1.165, 1.54) is 46.3 Å². The van der Waals surface area contributed by atoms with Crippen molar-refractivity contribution >= 4 is 52.8 Å². The lowest BCUT2D eigenvalue weighted by molar-refractivity contribution is -0.150. The number of aromatic nitrogens is 5. The molecular formula is C20H21N9O5S2. The van der Waals surface area contributed by atoms with Gasteiger partial charge in [-0.1, -0.05) is 29.1 Å². The molecule has 4 heterocycles. The molecule has 0 spiro atoms. The van der Waals surface area contributed by atoms with Gasteiger partial charge in [-0.05, 0) is 28.1 Å². The van der Waals surface area contributed by atoms with E-state index in [0.29, 0.717) is 23.0 Å². The highest BCUT2D eigenvalue weighted by atomic mass is 32.2. The van der Waals surface area contributed by atoms with Crippen molar-refractivity contribution in [3.8, 4) is 0 Å². The number of allylic oxidation sites excluding steroid dienone is 1. The lowest BCUT2D eigenvalue weighted by Gasteiger charge is -2.49. The minimum absolute atomic E-state index is 0.104. The molecule has 0 bridgehead atoms. The third-order valence-electron chi connectivity index (χ3n) is 5.12. The smallest absolute Gasteiger partial charge is 0.352 e. The number of β-lactam (4-membered cyclic amide) rings is 1. The van der Waals surface area contributed by atoms with Gasteiger partial charge in [0.25, 0.3) is 11.8 Å². The Bertz CT molecular complexity index is 1280. The summed E-state index contributed by atoms with van der Waals surface area (Å²) in [6, 6.07) is 3.73. The van der Waals surface area contributed by atoms with E-state index in [0.717, 1.165) is 0 Å². The summed E-state index contributed by atoms with van der Waals surface area (Å²) in [5.74, 6) is -1.69. The molecule has 2 aromatic heterocycles. The Balaban J connectivity index is 1.49. The average Bonchev–Trinajstić information content (AvgIpc) is 3.30. The summed E-state index contributed by atoms with van der Waals surface area (Å²) in [5, 5.41) is 27.5. The number of rotatable bonds is 10. The van der Waals surface area contributed by atoms with Crippen molar-refractivity contribution in [2.45, 2.75) is 23.1 Å². The number of hydrogen-bond acceptors (Lipinski definition) is 12. The van der Waals surface area contributed by atoms with Crippen LogP contribution in [0.25, 0.3) is 0 Å². The number of nitrogens with two attached hydrogens (primary N) is 1. The molecule has 16 heteroatoms. The Hall–Kier alpha value is -3.92. The first kappa shape index (κ1) is 25.2. The number of amides is 2. The Labute approximate surface area is 213 Å². The Morgan fingerprint density at radius 1 is 1.47 bits per heavy atom. The van der Waals surface area contributed by atoms with Crippen molar-refractivity contribution in [2.24, 2.45) is 5.16 Å². The number of pyridine rings is 1. The maximum atomic E-state index is 13.0. The number of tetrazole rings is 1. The van der Waals surface area contributed by atoms with Gasteiger partial charge in [0.05, 0.1) is 6.54 Å². The number of carbonyl (C=O) groups is 3. The normalized spacial score (nSPS) is 19.4. The predicted octanol–water partition coefficient (Wildman–Crippen LogP) is -0.282. The number of oxime groups is 1. The quantitative estimate of drug-likeness (QED) is 0.120. The molecule has 188 valence electrons. The molecule has 0 aliphatic carbocycles. The molecule has 14 nitrogen and oxygen atoms in total. The largest absolute Gasteiger partial charge is 0.477 e. The number of carboxylic acids is 1. The Kier molecular flexibility index (Phi) is 7.54. The van der Waals surface area contributed by atoms with E-state index in [2.05, 4.69) is 37.6 Å². The molecule has 1 saturated heterocycles. The molecule has 2 aliphatic heterocycles. The molecule has 4 rings (SSSR count). The number of carboxylic acid groups (broad SMARTS) is 1. The van der Waals surface area contributed by atoms with E-state index in [9.17, 15) is 19.5 Å². The topological polar surface area (TPSA) is 191 Å². The maximum absolute atomic E-state index is 13.0. The van der Waals surface area contributed by atoms with Crippen LogP contribution in [0.5, 0.6) is 0 Å². The van der Waals surface area contributed by atoms with Gasteiger partial charge in [0.15, 0.2) is 5.71 Å². The third kappa shape index (κ3) is 4.90. The number of thioether (sulfide) groups is 2. The molecule has 2 atom stereocenters. The predicted molar refractivity (Wildman–Crippen MR) is 131 cm³/mol. The Morgan fingerprint density at radius 3 is 2.97 bits per heavy atom. The van der Waals surface area contributed by atoms with Gasteiger partial charge in [0.2, 0.25) is 5.16 Å². The first-order valence-electron chi connectivity index (χ1n) is 10.4. The van der Waals surface area contributed by atoms with Gasteiger partial charge in [-0.3, -0.25) is 14.5 Å². The van der Waals surface area contributed by atoms with Crippen molar-refractivity contribution in [3.05, 3.63) is 47.8 Å². The summed E-state index contributed by atoms with van der Waals surface area (Å²) in [7, 11) is 1.27. The molecule has 4 N–H and O–H groups in total. The van der Waals surface area contributed by atoms with Crippen LogP contribution in [0.2, 0.25) is 0 Å². The summed E-state index contributed by atoms with van der Waals surface area (Å²) in [6.45, 7) is 4.06. The zero-order valence-electron chi connectivity index (χ0n) is 18.9. The number of nitrogen functional groups attached to an aromatic ring is 1. The number of carbonyl (C=O) groups excluding carboxylic acids is 2. The second kappa shape index (κ2) is 10.8. The second-order valence-electron chi connectivity index (χ2n) is 7.41. The molecule has 2 aliphatic rings. The first-order chi connectivity index (χ1) is 17.3. The van der Waals surface area contributed by atoms with Gasteiger partial charge in [0.1, 0.15) is 35.7 Å². The zero-order chi connectivity index (χ0) is 25.8. The molecule has 2 aromatic rings. The van der Waals surface area contributed by atoms with E-state index in [-0.39, 0.29) is 28.7 Å². The lowest BCUT2D eigenvalue weighted by Crippen LogP contribution is -2.71. The van der Waals surface area contributed by atoms with Gasteiger partial charge in [-0.25, -0.2) is 14.5 Å². The van der Waals surface area contributed by atoms with Crippen molar-refractivity contribution in [1.82, 2.24) is 35.4 Å². The molecule has 2 unspecified atom stereocenters. The maximum Gasteiger partial charge on any atom is 0.352 e.